The van der Waals surface area contributed by atoms with Gasteiger partial charge in [-0.3, -0.25) is 9.59 Å². The van der Waals surface area contributed by atoms with Crippen LogP contribution in [0, 0.1) is 5.92 Å². The molecule has 2 atom stereocenters. The molecule has 0 aliphatic carbocycles. The van der Waals surface area contributed by atoms with Crippen molar-refractivity contribution in [1.29, 1.82) is 0 Å². The third-order valence-corrected chi connectivity index (χ3v) is 2.59. The average Bonchev–Trinajstić information content (AvgIpc) is 2.35. The maximum Gasteiger partial charge on any atom is 0.344 e. The van der Waals surface area contributed by atoms with Crippen LogP contribution in [0.4, 0.5) is 0 Å². The van der Waals surface area contributed by atoms with Crippen molar-refractivity contribution < 1.29 is 29.0 Å². The number of hydrogen-bond donors (Lipinski definition) is 1. The van der Waals surface area contributed by atoms with Crippen molar-refractivity contribution in [3.05, 3.63) is 0 Å². The zero-order valence-electron chi connectivity index (χ0n) is 11.7. The molecular weight excluding hydrogens is 252 g/mol. The molecule has 110 valence electrons. The Kier molecular flexibility index (Phi) is 8.57. The Morgan fingerprint density at radius 3 is 2.37 bits per heavy atom. The molecule has 0 spiro atoms. The molecule has 0 aromatic heterocycles. The predicted molar refractivity (Wildman–Crippen MR) is 67.5 cm³/mol. The van der Waals surface area contributed by atoms with Crippen molar-refractivity contribution in [2.45, 2.75) is 52.6 Å². The van der Waals surface area contributed by atoms with Gasteiger partial charge in [-0.1, -0.05) is 20.3 Å². The van der Waals surface area contributed by atoms with Crippen molar-refractivity contribution in [1.82, 2.24) is 0 Å². The summed E-state index contributed by atoms with van der Waals surface area (Å²) in [4.78, 5) is 33.3. The molecule has 0 unspecified atom stereocenters. The van der Waals surface area contributed by atoms with Crippen LogP contribution in [-0.2, 0) is 23.9 Å². The Morgan fingerprint density at radius 2 is 1.84 bits per heavy atom. The molecule has 6 heteroatoms. The van der Waals surface area contributed by atoms with E-state index in [-0.39, 0.29) is 18.8 Å². The lowest BCUT2D eigenvalue weighted by Gasteiger charge is -2.13. The summed E-state index contributed by atoms with van der Waals surface area (Å²) in [5, 5.41) is 8.60. The first-order chi connectivity index (χ1) is 8.88. The van der Waals surface area contributed by atoms with Gasteiger partial charge >= 0.3 is 17.9 Å². The van der Waals surface area contributed by atoms with E-state index in [1.165, 1.54) is 6.92 Å². The second kappa shape index (κ2) is 9.35. The van der Waals surface area contributed by atoms with Gasteiger partial charge in [0.15, 0.2) is 6.10 Å². The van der Waals surface area contributed by atoms with Gasteiger partial charge in [0.25, 0.3) is 0 Å². The highest BCUT2D eigenvalue weighted by atomic mass is 16.6. The SMILES string of the molecule is CCCCOC(=O)CC[C@H](C)C(=O)O[C@@H](C)C(=O)O. The Morgan fingerprint density at radius 1 is 1.21 bits per heavy atom. The largest absolute Gasteiger partial charge is 0.479 e. The molecule has 19 heavy (non-hydrogen) atoms. The van der Waals surface area contributed by atoms with E-state index in [4.69, 9.17) is 14.6 Å². The quantitative estimate of drug-likeness (QED) is 0.509. The summed E-state index contributed by atoms with van der Waals surface area (Å²) >= 11 is 0. The van der Waals surface area contributed by atoms with Gasteiger partial charge in [-0.05, 0) is 19.8 Å². The summed E-state index contributed by atoms with van der Waals surface area (Å²) in [7, 11) is 0. The minimum atomic E-state index is -1.19. The molecular formula is C13H22O6. The normalized spacial score (nSPS) is 13.4. The van der Waals surface area contributed by atoms with Gasteiger partial charge < -0.3 is 14.6 Å². The Balaban J connectivity index is 3.90. The van der Waals surface area contributed by atoms with Crippen LogP contribution in [0.25, 0.3) is 0 Å². The van der Waals surface area contributed by atoms with Crippen LogP contribution >= 0.6 is 0 Å². The summed E-state index contributed by atoms with van der Waals surface area (Å²) in [5.74, 6) is -2.68. The molecule has 0 fully saturated rings. The van der Waals surface area contributed by atoms with E-state index < -0.39 is 24.0 Å². The lowest BCUT2D eigenvalue weighted by atomic mass is 10.1. The van der Waals surface area contributed by atoms with E-state index in [9.17, 15) is 14.4 Å². The lowest BCUT2D eigenvalue weighted by molar-refractivity contribution is -0.165. The number of aliphatic carboxylic acids is 1. The Bertz CT molecular complexity index is 312. The minimum absolute atomic E-state index is 0.126. The summed E-state index contributed by atoms with van der Waals surface area (Å²) < 4.78 is 9.66. The third kappa shape index (κ3) is 8.18. The highest BCUT2D eigenvalue weighted by Crippen LogP contribution is 2.10. The maximum atomic E-state index is 11.5. The van der Waals surface area contributed by atoms with Crippen LogP contribution in [0.3, 0.4) is 0 Å². The van der Waals surface area contributed by atoms with Crippen molar-refractivity contribution >= 4 is 17.9 Å². The predicted octanol–water partition coefficient (Wildman–Crippen LogP) is 1.76. The monoisotopic (exact) mass is 274 g/mol. The van der Waals surface area contributed by atoms with Gasteiger partial charge in [0, 0.05) is 6.42 Å². The number of hydrogen-bond acceptors (Lipinski definition) is 5. The van der Waals surface area contributed by atoms with Gasteiger partial charge in [0.05, 0.1) is 12.5 Å². The molecule has 0 aromatic carbocycles. The van der Waals surface area contributed by atoms with E-state index in [1.54, 1.807) is 6.92 Å². The molecule has 0 aliphatic rings. The molecule has 0 aromatic rings. The first kappa shape index (κ1) is 17.4. The second-order valence-corrected chi connectivity index (χ2v) is 4.43. The van der Waals surface area contributed by atoms with Gasteiger partial charge in [-0.25, -0.2) is 4.79 Å². The highest BCUT2D eigenvalue weighted by Gasteiger charge is 2.22. The summed E-state index contributed by atoms with van der Waals surface area (Å²) in [5.41, 5.74) is 0. The molecule has 0 saturated heterocycles. The van der Waals surface area contributed by atoms with Gasteiger partial charge in [-0.2, -0.15) is 0 Å². The van der Waals surface area contributed by atoms with E-state index in [0.717, 1.165) is 12.8 Å². The van der Waals surface area contributed by atoms with Crippen molar-refractivity contribution in [2.24, 2.45) is 5.92 Å². The first-order valence-electron chi connectivity index (χ1n) is 6.47. The molecule has 0 radical (unpaired) electrons. The molecule has 0 heterocycles. The number of carbonyl (C=O) groups excluding carboxylic acids is 2. The fraction of sp³-hybridized carbons (Fsp3) is 0.769. The van der Waals surface area contributed by atoms with Crippen LogP contribution in [0.2, 0.25) is 0 Å². The van der Waals surface area contributed by atoms with Crippen LogP contribution < -0.4 is 0 Å². The van der Waals surface area contributed by atoms with Gasteiger partial charge in [0.1, 0.15) is 0 Å². The van der Waals surface area contributed by atoms with Crippen molar-refractivity contribution in [3.63, 3.8) is 0 Å². The van der Waals surface area contributed by atoms with Crippen molar-refractivity contribution in [3.8, 4) is 0 Å². The number of unbranched alkanes of at least 4 members (excludes halogenated alkanes) is 1. The zero-order chi connectivity index (χ0) is 14.8. The van der Waals surface area contributed by atoms with E-state index in [1.807, 2.05) is 6.92 Å². The minimum Gasteiger partial charge on any atom is -0.479 e. The highest BCUT2D eigenvalue weighted by molar-refractivity contribution is 5.79. The molecule has 0 amide bonds. The number of carboxylic acids is 1. The van der Waals surface area contributed by atoms with Crippen LogP contribution in [-0.4, -0.2) is 35.7 Å². The summed E-state index contributed by atoms with van der Waals surface area (Å²) in [6.07, 6.45) is 1.01. The van der Waals surface area contributed by atoms with E-state index >= 15 is 0 Å². The Labute approximate surface area is 113 Å². The second-order valence-electron chi connectivity index (χ2n) is 4.43. The number of ether oxygens (including phenoxy) is 2. The van der Waals surface area contributed by atoms with Crippen LogP contribution in [0.5, 0.6) is 0 Å². The van der Waals surface area contributed by atoms with Crippen LogP contribution in [0.1, 0.15) is 46.5 Å². The fourth-order valence-corrected chi connectivity index (χ4v) is 1.20. The Hall–Kier alpha value is -1.59. The number of carboxylic acid groups (broad SMARTS) is 1. The smallest absolute Gasteiger partial charge is 0.344 e. The number of carbonyl (C=O) groups is 3. The zero-order valence-corrected chi connectivity index (χ0v) is 11.7. The third-order valence-electron chi connectivity index (χ3n) is 2.59. The molecule has 0 rings (SSSR count). The van der Waals surface area contributed by atoms with Gasteiger partial charge in [-0.15, -0.1) is 0 Å². The fourth-order valence-electron chi connectivity index (χ4n) is 1.20. The summed E-state index contributed by atoms with van der Waals surface area (Å²) in [6, 6.07) is 0. The molecule has 6 nitrogen and oxygen atoms in total. The van der Waals surface area contributed by atoms with E-state index in [0.29, 0.717) is 6.61 Å². The standard InChI is InChI=1S/C13H22O6/c1-4-5-8-18-11(14)7-6-9(2)13(17)19-10(3)12(15)16/h9-10H,4-8H2,1-3H3,(H,15,16)/t9-,10-/m0/s1. The topological polar surface area (TPSA) is 89.9 Å². The summed E-state index contributed by atoms with van der Waals surface area (Å²) in [6.45, 7) is 5.27. The number of esters is 2. The van der Waals surface area contributed by atoms with E-state index in [2.05, 4.69) is 0 Å². The first-order valence-corrected chi connectivity index (χ1v) is 6.47. The van der Waals surface area contributed by atoms with Gasteiger partial charge in [0.2, 0.25) is 0 Å². The molecule has 1 N–H and O–H groups in total. The van der Waals surface area contributed by atoms with Crippen molar-refractivity contribution in [2.75, 3.05) is 6.61 Å². The average molecular weight is 274 g/mol. The lowest BCUT2D eigenvalue weighted by Crippen LogP contribution is -2.27. The number of rotatable bonds is 9. The molecule has 0 bridgehead atoms. The molecule has 0 aliphatic heterocycles. The maximum absolute atomic E-state index is 11.5. The molecule has 0 saturated carbocycles. The van der Waals surface area contributed by atoms with Crippen LogP contribution in [0.15, 0.2) is 0 Å².